The summed E-state index contributed by atoms with van der Waals surface area (Å²) in [5.74, 6) is 4.55. The van der Waals surface area contributed by atoms with Crippen LogP contribution in [-0.4, -0.2) is 24.6 Å². The van der Waals surface area contributed by atoms with Crippen LogP contribution in [0.2, 0.25) is 5.02 Å². The van der Waals surface area contributed by atoms with Crippen molar-refractivity contribution in [2.24, 2.45) is 0 Å². The molecule has 3 heterocycles. The smallest absolute Gasteiger partial charge is 0.336 e. The molecule has 16 heteroatoms. The summed E-state index contributed by atoms with van der Waals surface area (Å²) >= 11 is 5.95. The summed E-state index contributed by atoms with van der Waals surface area (Å²) in [5, 5.41) is -0.298. The Morgan fingerprint density at radius 1 is 0.800 bits per heavy atom. The molecule has 0 saturated carbocycles. The number of nitrogen functional groups attached to an aromatic ring is 1. The van der Waals surface area contributed by atoms with Gasteiger partial charge in [0.2, 0.25) is 0 Å². The van der Waals surface area contributed by atoms with Gasteiger partial charge in [-0.2, -0.15) is 39.5 Å². The molecular weight excluding hydrogens is 519 g/mol. The van der Waals surface area contributed by atoms with Crippen LogP contribution in [0.5, 0.6) is 0 Å². The monoisotopic (exact) mass is 526 g/mol. The molecule has 0 aliphatic heterocycles. The lowest BCUT2D eigenvalue weighted by molar-refractivity contribution is -0.141. The number of benzene rings is 1. The van der Waals surface area contributed by atoms with Crippen molar-refractivity contribution < 1.29 is 39.5 Å². The largest absolute Gasteiger partial charge is 0.435 e. The molecule has 0 amide bonds. The van der Waals surface area contributed by atoms with Crippen LogP contribution >= 0.6 is 11.6 Å². The Bertz CT molecular complexity index is 1420. The lowest BCUT2D eigenvalue weighted by Gasteiger charge is -2.10. The van der Waals surface area contributed by atoms with Crippen molar-refractivity contribution in [3.8, 4) is 22.8 Å². The molecule has 2 N–H and O–H groups in total. The van der Waals surface area contributed by atoms with Crippen LogP contribution in [0.3, 0.4) is 0 Å². The first-order valence-corrected chi connectivity index (χ1v) is 9.48. The highest BCUT2D eigenvalue weighted by Crippen LogP contribution is 2.39. The number of nitrogens with zero attached hydrogens (tertiary/aromatic N) is 5. The van der Waals surface area contributed by atoms with Gasteiger partial charge in [-0.3, -0.25) is 4.98 Å². The number of nitrogens with two attached hydrogens (primary N) is 1. The molecule has 0 bridgehead atoms. The van der Waals surface area contributed by atoms with E-state index >= 15 is 0 Å². The normalized spacial score (nSPS) is 13.0. The van der Waals surface area contributed by atoms with Crippen LogP contribution in [0.1, 0.15) is 17.0 Å². The lowest BCUT2D eigenvalue weighted by atomic mass is 10.1. The molecule has 6 nitrogen and oxygen atoms in total. The third kappa shape index (κ3) is 4.54. The summed E-state index contributed by atoms with van der Waals surface area (Å²) < 4.78 is 119. The fraction of sp³-hybridized carbons (Fsp3) is 0.158. The van der Waals surface area contributed by atoms with E-state index in [1.807, 2.05) is 0 Å². The van der Waals surface area contributed by atoms with Gasteiger partial charge in [0.05, 0.1) is 10.6 Å². The Morgan fingerprint density at radius 3 is 2.03 bits per heavy atom. The second-order valence-electron chi connectivity index (χ2n) is 6.99. The van der Waals surface area contributed by atoms with E-state index in [0.717, 1.165) is 12.1 Å². The minimum Gasteiger partial charge on any atom is -0.336 e. The van der Waals surface area contributed by atoms with Crippen molar-refractivity contribution in [2.45, 2.75) is 18.5 Å². The van der Waals surface area contributed by atoms with E-state index in [1.54, 1.807) is 0 Å². The van der Waals surface area contributed by atoms with E-state index in [9.17, 15) is 39.5 Å². The minimum atomic E-state index is -5.14. The van der Waals surface area contributed by atoms with Gasteiger partial charge in [-0.15, -0.1) is 0 Å². The van der Waals surface area contributed by atoms with Crippen LogP contribution in [0.15, 0.2) is 36.5 Å². The Balaban J connectivity index is 1.95. The van der Waals surface area contributed by atoms with Crippen molar-refractivity contribution in [3.05, 3.63) is 58.5 Å². The van der Waals surface area contributed by atoms with Gasteiger partial charge >= 0.3 is 18.5 Å². The van der Waals surface area contributed by atoms with E-state index in [0.29, 0.717) is 29.1 Å². The fourth-order valence-electron chi connectivity index (χ4n) is 3.06. The average molecular weight is 527 g/mol. The van der Waals surface area contributed by atoms with E-state index in [1.165, 1.54) is 0 Å². The zero-order chi connectivity index (χ0) is 25.9. The van der Waals surface area contributed by atoms with Gasteiger partial charge in [0.1, 0.15) is 11.2 Å². The zero-order valence-electron chi connectivity index (χ0n) is 16.6. The van der Waals surface area contributed by atoms with Gasteiger partial charge < -0.3 is 5.84 Å². The first-order chi connectivity index (χ1) is 16.1. The SMILES string of the molecule is Nn1c(-c2cc(C(F)(F)F)ccc2Cl)nc2c(C(F)(F)F)nc(-c3ccc(C(F)(F)F)nc3)nc21. The van der Waals surface area contributed by atoms with Crippen molar-refractivity contribution in [1.82, 2.24) is 24.6 Å². The van der Waals surface area contributed by atoms with Crippen LogP contribution in [0.25, 0.3) is 33.9 Å². The topological polar surface area (TPSA) is 82.5 Å². The molecule has 4 aromatic rings. The van der Waals surface area contributed by atoms with Crippen molar-refractivity contribution in [3.63, 3.8) is 0 Å². The summed E-state index contributed by atoms with van der Waals surface area (Å²) in [6.07, 6.45) is -14.1. The Kier molecular flexibility index (Phi) is 5.58. The molecule has 0 fully saturated rings. The second-order valence-corrected chi connectivity index (χ2v) is 7.40. The highest BCUT2D eigenvalue weighted by Gasteiger charge is 2.39. The van der Waals surface area contributed by atoms with Gasteiger partial charge in [0.15, 0.2) is 23.0 Å². The summed E-state index contributed by atoms with van der Waals surface area (Å²) in [4.78, 5) is 14.0. The molecule has 0 unspecified atom stereocenters. The predicted octanol–water partition coefficient (Wildman–Crippen LogP) is 5.98. The van der Waals surface area contributed by atoms with Crippen LogP contribution < -0.4 is 5.84 Å². The van der Waals surface area contributed by atoms with E-state index < -0.39 is 63.9 Å². The average Bonchev–Trinajstić information content (AvgIpc) is 3.07. The lowest BCUT2D eigenvalue weighted by Crippen LogP contribution is -2.14. The van der Waals surface area contributed by atoms with Gasteiger partial charge in [-0.05, 0) is 30.3 Å². The van der Waals surface area contributed by atoms with Crippen LogP contribution in [0, 0.1) is 0 Å². The number of fused-ring (bicyclic) bond motifs is 1. The highest BCUT2D eigenvalue weighted by molar-refractivity contribution is 6.33. The van der Waals surface area contributed by atoms with Crippen molar-refractivity contribution in [1.29, 1.82) is 0 Å². The second kappa shape index (κ2) is 7.96. The quantitative estimate of drug-likeness (QED) is 0.257. The highest BCUT2D eigenvalue weighted by atomic mass is 35.5. The molecule has 35 heavy (non-hydrogen) atoms. The molecule has 0 aliphatic rings. The summed E-state index contributed by atoms with van der Waals surface area (Å²) in [6, 6.07) is 3.40. The molecular formula is C19H8ClF9N6. The van der Waals surface area contributed by atoms with Crippen molar-refractivity contribution in [2.75, 3.05) is 5.84 Å². The summed E-state index contributed by atoms with van der Waals surface area (Å²) in [7, 11) is 0. The molecule has 0 aliphatic carbocycles. The summed E-state index contributed by atoms with van der Waals surface area (Å²) in [5.41, 5.74) is -6.41. The van der Waals surface area contributed by atoms with Gasteiger partial charge in [-0.25, -0.2) is 19.6 Å². The molecule has 0 spiro atoms. The maximum atomic E-state index is 13.8. The van der Waals surface area contributed by atoms with Gasteiger partial charge in [0.25, 0.3) is 0 Å². The van der Waals surface area contributed by atoms with Crippen LogP contribution in [0.4, 0.5) is 39.5 Å². The van der Waals surface area contributed by atoms with E-state index in [-0.39, 0.29) is 10.6 Å². The molecule has 0 radical (unpaired) electrons. The molecule has 184 valence electrons. The van der Waals surface area contributed by atoms with Gasteiger partial charge in [0, 0.05) is 17.3 Å². The zero-order valence-corrected chi connectivity index (χ0v) is 17.3. The van der Waals surface area contributed by atoms with Gasteiger partial charge in [-0.1, -0.05) is 11.6 Å². The Labute approximate surface area is 193 Å². The third-order valence-electron chi connectivity index (χ3n) is 4.65. The molecule has 0 atom stereocenters. The fourth-order valence-corrected chi connectivity index (χ4v) is 3.26. The Morgan fingerprint density at radius 2 is 1.49 bits per heavy atom. The number of imidazole rings is 1. The molecule has 3 aromatic heterocycles. The van der Waals surface area contributed by atoms with E-state index in [2.05, 4.69) is 19.9 Å². The number of rotatable bonds is 2. The summed E-state index contributed by atoms with van der Waals surface area (Å²) in [6.45, 7) is 0. The number of aromatic nitrogens is 5. The minimum absolute atomic E-state index is 0.298. The standard InChI is InChI=1S/C19H8ClF9N6/c20-10-3-2-8(17(21,22)23)5-9(10)15-32-12-13(19(27,28)29)33-14(34-16(12)35(15)30)7-1-4-11(31-6-7)18(24,25)26/h1-6H,30H2. The predicted molar refractivity (Wildman–Crippen MR) is 104 cm³/mol. The molecule has 4 rings (SSSR count). The Hall–Kier alpha value is -3.62. The molecule has 1 aromatic carbocycles. The number of alkyl halides is 9. The first-order valence-electron chi connectivity index (χ1n) is 9.11. The number of halogens is 10. The maximum Gasteiger partial charge on any atom is 0.435 e. The number of hydrogen-bond donors (Lipinski definition) is 1. The number of pyridine rings is 1. The van der Waals surface area contributed by atoms with Crippen LogP contribution in [-0.2, 0) is 18.5 Å². The molecule has 0 saturated heterocycles. The van der Waals surface area contributed by atoms with Crippen molar-refractivity contribution >= 4 is 22.8 Å². The first kappa shape index (κ1) is 24.5. The third-order valence-corrected chi connectivity index (χ3v) is 4.98. The number of hydrogen-bond acceptors (Lipinski definition) is 5. The maximum absolute atomic E-state index is 13.8. The van der Waals surface area contributed by atoms with E-state index in [4.69, 9.17) is 17.4 Å².